The molecule has 82 valence electrons. The van der Waals surface area contributed by atoms with Crippen molar-refractivity contribution in [1.29, 1.82) is 0 Å². The summed E-state index contributed by atoms with van der Waals surface area (Å²) in [5, 5.41) is 4.29. The van der Waals surface area contributed by atoms with Gasteiger partial charge in [-0.15, -0.1) is 11.8 Å². The van der Waals surface area contributed by atoms with Crippen molar-refractivity contribution in [3.8, 4) is 0 Å². The Labute approximate surface area is 93.2 Å². The molecule has 0 radical (unpaired) electrons. The number of sulfone groups is 1. The summed E-state index contributed by atoms with van der Waals surface area (Å²) in [5.74, 6) is 0.111. The molecular weight excluding hydrogens is 240 g/mol. The average molecular weight is 254 g/mol. The number of nitrogens with zero attached hydrogens (tertiary/aromatic N) is 1. The third-order valence-electron chi connectivity index (χ3n) is 1.51. The first kappa shape index (κ1) is 12.2. The quantitative estimate of drug-likeness (QED) is 0.826. The minimum atomic E-state index is -3.13. The van der Waals surface area contributed by atoms with Crippen LogP contribution >= 0.6 is 23.5 Å². The van der Waals surface area contributed by atoms with Crippen molar-refractivity contribution in [3.05, 3.63) is 0 Å². The Morgan fingerprint density at radius 2 is 2.29 bits per heavy atom. The monoisotopic (exact) mass is 254 g/mol. The third kappa shape index (κ3) is 3.06. The summed E-state index contributed by atoms with van der Waals surface area (Å²) >= 11 is 2.95. The van der Waals surface area contributed by atoms with Gasteiger partial charge in [0.2, 0.25) is 14.2 Å². The van der Waals surface area contributed by atoms with Gasteiger partial charge in [-0.3, -0.25) is 5.43 Å². The lowest BCUT2D eigenvalue weighted by Crippen LogP contribution is -2.14. The van der Waals surface area contributed by atoms with E-state index in [9.17, 15) is 8.42 Å². The molecule has 0 aromatic carbocycles. The highest BCUT2D eigenvalue weighted by atomic mass is 32.3. The molecule has 1 heterocycles. The third-order valence-corrected chi connectivity index (χ3v) is 6.08. The first-order valence-corrected chi connectivity index (χ1v) is 7.81. The maximum Gasteiger partial charge on any atom is 0.211 e. The predicted molar refractivity (Wildman–Crippen MR) is 64.1 cm³/mol. The van der Waals surface area contributed by atoms with Gasteiger partial charge in [0.15, 0.2) is 0 Å². The number of thioether (sulfide) groups is 2. The zero-order valence-corrected chi connectivity index (χ0v) is 10.8. The summed E-state index contributed by atoms with van der Waals surface area (Å²) in [6, 6.07) is 0. The number of hydrogen-bond acceptors (Lipinski definition) is 6. The molecule has 1 aliphatic rings. The second-order valence-corrected chi connectivity index (χ2v) is 8.58. The highest BCUT2D eigenvalue weighted by molar-refractivity contribution is 8.39. The van der Waals surface area contributed by atoms with Crippen molar-refractivity contribution < 1.29 is 8.42 Å². The molecule has 0 aliphatic carbocycles. The van der Waals surface area contributed by atoms with E-state index in [0.717, 1.165) is 0 Å². The Hall–Kier alpha value is 0.120. The van der Waals surface area contributed by atoms with Gasteiger partial charge >= 0.3 is 0 Å². The van der Waals surface area contributed by atoms with E-state index in [4.69, 9.17) is 0 Å². The molecule has 0 fully saturated rings. The van der Waals surface area contributed by atoms with Crippen LogP contribution < -0.4 is 5.43 Å². The molecule has 0 aromatic rings. The Morgan fingerprint density at radius 3 is 2.79 bits per heavy atom. The standard InChI is InChI=1S/C7H14N2O2S3/c1-4-14(10,11)7-9-8-6(13-7)12-5(2)3/h5-6,8H,4H2,1-3H3. The number of nitrogens with one attached hydrogen (secondary N) is 1. The molecule has 0 amide bonds. The highest BCUT2D eigenvalue weighted by Gasteiger charge is 2.28. The fourth-order valence-corrected chi connectivity index (χ4v) is 4.84. The fourth-order valence-electron chi connectivity index (χ4n) is 0.821. The van der Waals surface area contributed by atoms with Crippen molar-refractivity contribution >= 4 is 37.7 Å². The average Bonchev–Trinajstić information content (AvgIpc) is 2.52. The van der Waals surface area contributed by atoms with E-state index in [2.05, 4.69) is 24.4 Å². The molecule has 0 aromatic heterocycles. The lowest BCUT2D eigenvalue weighted by atomic mass is 10.6. The van der Waals surface area contributed by atoms with Crippen molar-refractivity contribution in [2.45, 2.75) is 30.7 Å². The van der Waals surface area contributed by atoms with Crippen LogP contribution in [-0.4, -0.2) is 28.5 Å². The summed E-state index contributed by atoms with van der Waals surface area (Å²) in [5.41, 5.74) is 2.81. The second kappa shape index (κ2) is 4.76. The largest absolute Gasteiger partial charge is 0.285 e. The number of hydrazone groups is 1. The molecule has 1 unspecified atom stereocenters. The van der Waals surface area contributed by atoms with Gasteiger partial charge < -0.3 is 0 Å². The van der Waals surface area contributed by atoms with Gasteiger partial charge in [-0.1, -0.05) is 32.5 Å². The van der Waals surface area contributed by atoms with E-state index >= 15 is 0 Å². The van der Waals surface area contributed by atoms with E-state index in [1.165, 1.54) is 11.8 Å². The maximum atomic E-state index is 11.4. The molecule has 0 bridgehead atoms. The summed E-state index contributed by atoms with van der Waals surface area (Å²) in [7, 11) is -3.13. The topological polar surface area (TPSA) is 58.5 Å². The van der Waals surface area contributed by atoms with E-state index in [1.807, 2.05) is 0 Å². The van der Waals surface area contributed by atoms with Gasteiger partial charge in [0.25, 0.3) is 0 Å². The van der Waals surface area contributed by atoms with Crippen LogP contribution in [0.4, 0.5) is 0 Å². The van der Waals surface area contributed by atoms with Gasteiger partial charge in [-0.2, -0.15) is 5.10 Å². The molecule has 0 saturated heterocycles. The highest BCUT2D eigenvalue weighted by Crippen LogP contribution is 2.31. The van der Waals surface area contributed by atoms with Gasteiger partial charge in [-0.05, 0) is 0 Å². The van der Waals surface area contributed by atoms with E-state index in [0.29, 0.717) is 5.25 Å². The van der Waals surface area contributed by atoms with Crippen LogP contribution in [0.2, 0.25) is 0 Å². The predicted octanol–water partition coefficient (Wildman–Crippen LogP) is 1.45. The summed E-state index contributed by atoms with van der Waals surface area (Å²) in [6.45, 7) is 5.76. The Bertz CT molecular complexity index is 324. The minimum absolute atomic E-state index is 0.0336. The van der Waals surface area contributed by atoms with Crippen LogP contribution in [0.5, 0.6) is 0 Å². The molecule has 0 saturated carbocycles. The first-order chi connectivity index (χ1) is 6.45. The van der Waals surface area contributed by atoms with Gasteiger partial charge in [0.05, 0.1) is 5.75 Å². The van der Waals surface area contributed by atoms with Crippen LogP contribution in [0.25, 0.3) is 0 Å². The summed E-state index contributed by atoms with van der Waals surface area (Å²) in [6.07, 6.45) is 0. The fraction of sp³-hybridized carbons (Fsp3) is 0.857. The molecule has 1 atom stereocenters. The zero-order chi connectivity index (χ0) is 10.8. The lowest BCUT2D eigenvalue weighted by molar-refractivity contribution is 0.608. The van der Waals surface area contributed by atoms with Crippen molar-refractivity contribution in [2.75, 3.05) is 5.75 Å². The normalized spacial score (nSPS) is 22.3. The lowest BCUT2D eigenvalue weighted by Gasteiger charge is -2.10. The Kier molecular flexibility index (Phi) is 4.15. The van der Waals surface area contributed by atoms with Crippen LogP contribution in [0.1, 0.15) is 20.8 Å². The molecule has 1 N–H and O–H groups in total. The van der Waals surface area contributed by atoms with Gasteiger partial charge in [0.1, 0.15) is 4.71 Å². The molecule has 4 nitrogen and oxygen atoms in total. The Morgan fingerprint density at radius 1 is 1.64 bits per heavy atom. The molecule has 1 rings (SSSR count). The molecule has 7 heteroatoms. The zero-order valence-electron chi connectivity index (χ0n) is 8.35. The smallest absolute Gasteiger partial charge is 0.211 e. The first-order valence-electron chi connectivity index (χ1n) is 4.34. The van der Waals surface area contributed by atoms with Gasteiger partial charge in [0, 0.05) is 5.25 Å². The SMILES string of the molecule is CCS(=O)(=O)C1=NNC(SC(C)C)S1. The van der Waals surface area contributed by atoms with Gasteiger partial charge in [-0.25, -0.2) is 8.42 Å². The molecule has 0 spiro atoms. The summed E-state index contributed by atoms with van der Waals surface area (Å²) in [4.78, 5) is 0. The van der Waals surface area contributed by atoms with Crippen LogP contribution in [0, 0.1) is 0 Å². The van der Waals surface area contributed by atoms with E-state index in [1.54, 1.807) is 18.7 Å². The number of hydrogen-bond donors (Lipinski definition) is 1. The van der Waals surface area contributed by atoms with Crippen molar-refractivity contribution in [3.63, 3.8) is 0 Å². The Balaban J connectivity index is 2.56. The molecule has 1 aliphatic heterocycles. The van der Waals surface area contributed by atoms with Crippen molar-refractivity contribution in [2.24, 2.45) is 5.10 Å². The summed E-state index contributed by atoms with van der Waals surface area (Å²) < 4.78 is 23.1. The minimum Gasteiger partial charge on any atom is -0.285 e. The van der Waals surface area contributed by atoms with Crippen LogP contribution in [-0.2, 0) is 9.84 Å². The maximum absolute atomic E-state index is 11.4. The van der Waals surface area contributed by atoms with E-state index in [-0.39, 0.29) is 14.8 Å². The van der Waals surface area contributed by atoms with Crippen LogP contribution in [0.15, 0.2) is 5.10 Å². The second-order valence-electron chi connectivity index (χ2n) is 3.04. The number of rotatable bonds is 3. The van der Waals surface area contributed by atoms with Crippen molar-refractivity contribution in [1.82, 2.24) is 5.43 Å². The molecular formula is C7H14N2O2S3. The van der Waals surface area contributed by atoms with Crippen LogP contribution in [0.3, 0.4) is 0 Å². The van der Waals surface area contributed by atoms with E-state index < -0.39 is 9.84 Å². The molecule has 14 heavy (non-hydrogen) atoms.